The molecule has 0 unspecified atom stereocenters. The maximum atomic E-state index is 12.2. The Morgan fingerprint density at radius 1 is 0.657 bits per heavy atom. The van der Waals surface area contributed by atoms with Crippen molar-refractivity contribution in [1.29, 1.82) is 0 Å². The summed E-state index contributed by atoms with van der Waals surface area (Å²) < 4.78 is 0. The van der Waals surface area contributed by atoms with E-state index in [0.717, 1.165) is 35.1 Å². The Hall–Kier alpha value is -3.07. The zero-order valence-electron chi connectivity index (χ0n) is 21.4. The van der Waals surface area contributed by atoms with E-state index >= 15 is 0 Å². The van der Waals surface area contributed by atoms with Crippen LogP contribution in [0.5, 0.6) is 5.75 Å². The monoisotopic (exact) mass is 472 g/mol. The van der Waals surface area contributed by atoms with Crippen LogP contribution < -0.4 is 0 Å². The van der Waals surface area contributed by atoms with E-state index in [1.54, 1.807) is 30.3 Å². The molecular weight excluding hydrogens is 432 g/mol. The van der Waals surface area contributed by atoms with Gasteiger partial charge in [-0.05, 0) is 60.2 Å². The highest BCUT2D eigenvalue weighted by atomic mass is 16.4. The third-order valence-corrected chi connectivity index (χ3v) is 6.82. The standard InChI is InChI=1S/C32H40O3/c1-3-4-5-6-7-8-9-10-11-12-13-25-20-23-29(32(34)35)31(27-18-21-28(33)22-19-27)30(25)26-16-14-24(2)15-17-26/h14-23,33H,3-13H2,1-2H3,(H,34,35). The molecule has 0 radical (unpaired) electrons. The number of carboxylic acid groups (broad SMARTS) is 1. The van der Waals surface area contributed by atoms with Gasteiger partial charge in [-0.15, -0.1) is 0 Å². The predicted molar refractivity (Wildman–Crippen MR) is 146 cm³/mol. The van der Waals surface area contributed by atoms with Crippen LogP contribution in [0.2, 0.25) is 0 Å². The smallest absolute Gasteiger partial charge is 0.336 e. The second kappa shape index (κ2) is 13.7. The fourth-order valence-electron chi connectivity index (χ4n) is 4.81. The fraction of sp³-hybridized carbons (Fsp3) is 0.406. The van der Waals surface area contributed by atoms with Crippen molar-refractivity contribution in [3.05, 3.63) is 77.4 Å². The molecule has 3 aromatic rings. The number of aryl methyl sites for hydroxylation is 2. The zero-order valence-corrected chi connectivity index (χ0v) is 21.4. The molecule has 0 bridgehead atoms. The number of unbranched alkanes of at least 4 members (excludes halogenated alkanes) is 9. The lowest BCUT2D eigenvalue weighted by Gasteiger charge is -2.19. The summed E-state index contributed by atoms with van der Waals surface area (Å²) in [4.78, 5) is 12.2. The van der Waals surface area contributed by atoms with Gasteiger partial charge in [-0.3, -0.25) is 0 Å². The quantitative estimate of drug-likeness (QED) is 0.230. The first-order chi connectivity index (χ1) is 17.0. The Morgan fingerprint density at radius 2 is 1.17 bits per heavy atom. The Bertz CT molecular complexity index is 1070. The maximum absolute atomic E-state index is 12.2. The minimum absolute atomic E-state index is 0.170. The lowest BCUT2D eigenvalue weighted by atomic mass is 9.85. The topological polar surface area (TPSA) is 57.5 Å². The van der Waals surface area contributed by atoms with Crippen molar-refractivity contribution in [2.24, 2.45) is 0 Å². The first kappa shape index (κ1) is 26.5. The molecule has 3 rings (SSSR count). The third-order valence-electron chi connectivity index (χ3n) is 6.82. The number of aromatic hydroxyl groups is 1. The number of phenolic OH excluding ortho intramolecular Hbond substituents is 1. The van der Waals surface area contributed by atoms with Gasteiger partial charge in [-0.1, -0.05) is 113 Å². The second-order valence-corrected chi connectivity index (χ2v) is 9.67. The van der Waals surface area contributed by atoms with Gasteiger partial charge >= 0.3 is 5.97 Å². The highest BCUT2D eigenvalue weighted by Crippen LogP contribution is 2.39. The molecule has 0 heterocycles. The summed E-state index contributed by atoms with van der Waals surface area (Å²) in [6.45, 7) is 4.32. The van der Waals surface area contributed by atoms with Gasteiger partial charge in [-0.2, -0.15) is 0 Å². The molecule has 0 aromatic heterocycles. The summed E-state index contributed by atoms with van der Waals surface area (Å²) in [6, 6.07) is 18.9. The molecule has 0 aliphatic carbocycles. The van der Waals surface area contributed by atoms with Crippen LogP contribution >= 0.6 is 0 Å². The molecule has 0 aliphatic heterocycles. The van der Waals surface area contributed by atoms with Crippen LogP contribution in [0.3, 0.4) is 0 Å². The van der Waals surface area contributed by atoms with Crippen molar-refractivity contribution in [2.45, 2.75) is 84.5 Å². The number of hydrogen-bond donors (Lipinski definition) is 2. The molecule has 0 atom stereocenters. The average Bonchev–Trinajstić information content (AvgIpc) is 2.86. The minimum atomic E-state index is -0.938. The minimum Gasteiger partial charge on any atom is -0.508 e. The van der Waals surface area contributed by atoms with Crippen molar-refractivity contribution in [3.8, 4) is 28.0 Å². The van der Waals surface area contributed by atoms with E-state index in [2.05, 4.69) is 38.1 Å². The molecule has 3 heteroatoms. The van der Waals surface area contributed by atoms with E-state index in [9.17, 15) is 15.0 Å². The van der Waals surface area contributed by atoms with Gasteiger partial charge in [-0.25, -0.2) is 4.79 Å². The van der Waals surface area contributed by atoms with Crippen LogP contribution in [0.4, 0.5) is 0 Å². The van der Waals surface area contributed by atoms with Crippen LogP contribution in [0.1, 0.15) is 92.6 Å². The second-order valence-electron chi connectivity index (χ2n) is 9.67. The molecule has 0 saturated heterocycles. The molecule has 3 nitrogen and oxygen atoms in total. The largest absolute Gasteiger partial charge is 0.508 e. The first-order valence-electron chi connectivity index (χ1n) is 13.3. The molecule has 2 N–H and O–H groups in total. The number of carbonyl (C=O) groups is 1. The summed E-state index contributed by atoms with van der Waals surface area (Å²) in [5.41, 5.74) is 6.20. The lowest BCUT2D eigenvalue weighted by Crippen LogP contribution is -2.04. The van der Waals surface area contributed by atoms with Crippen molar-refractivity contribution in [2.75, 3.05) is 0 Å². The molecule has 0 spiro atoms. The van der Waals surface area contributed by atoms with E-state index in [4.69, 9.17) is 0 Å². The predicted octanol–water partition coefficient (Wildman–Crippen LogP) is 9.20. The van der Waals surface area contributed by atoms with E-state index in [0.29, 0.717) is 0 Å². The Morgan fingerprint density at radius 3 is 1.74 bits per heavy atom. The van der Waals surface area contributed by atoms with Crippen molar-refractivity contribution < 1.29 is 15.0 Å². The van der Waals surface area contributed by atoms with Crippen molar-refractivity contribution in [1.82, 2.24) is 0 Å². The first-order valence-corrected chi connectivity index (χ1v) is 13.3. The summed E-state index contributed by atoms with van der Waals surface area (Å²) in [5.74, 6) is -0.768. The van der Waals surface area contributed by atoms with Crippen LogP contribution in [-0.2, 0) is 6.42 Å². The Kier molecular flexibility index (Phi) is 10.4. The normalized spacial score (nSPS) is 11.0. The summed E-state index contributed by atoms with van der Waals surface area (Å²) in [5, 5.41) is 19.8. The van der Waals surface area contributed by atoms with E-state index < -0.39 is 5.97 Å². The molecule has 0 aliphatic rings. The van der Waals surface area contributed by atoms with E-state index in [1.165, 1.54) is 68.9 Å². The number of phenols is 1. The molecule has 0 fully saturated rings. The lowest BCUT2D eigenvalue weighted by molar-refractivity contribution is 0.0697. The Balaban J connectivity index is 1.81. The summed E-state index contributed by atoms with van der Waals surface area (Å²) >= 11 is 0. The van der Waals surface area contributed by atoms with E-state index in [-0.39, 0.29) is 11.3 Å². The highest BCUT2D eigenvalue weighted by molar-refractivity contribution is 6.02. The van der Waals surface area contributed by atoms with Gasteiger partial charge in [0, 0.05) is 5.56 Å². The van der Waals surface area contributed by atoms with Gasteiger partial charge < -0.3 is 10.2 Å². The number of hydrogen-bond acceptors (Lipinski definition) is 2. The SMILES string of the molecule is CCCCCCCCCCCCc1ccc(C(=O)O)c(-c2ccc(O)cc2)c1-c1ccc(C)cc1. The van der Waals surface area contributed by atoms with Gasteiger partial charge in [0.25, 0.3) is 0 Å². The van der Waals surface area contributed by atoms with E-state index in [1.807, 2.05) is 6.07 Å². The summed E-state index contributed by atoms with van der Waals surface area (Å²) in [6.07, 6.45) is 13.8. The zero-order chi connectivity index (χ0) is 25.0. The fourth-order valence-corrected chi connectivity index (χ4v) is 4.81. The third kappa shape index (κ3) is 7.71. The van der Waals surface area contributed by atoms with Gasteiger partial charge in [0.15, 0.2) is 0 Å². The highest BCUT2D eigenvalue weighted by Gasteiger charge is 2.20. The van der Waals surface area contributed by atoms with Crippen molar-refractivity contribution >= 4 is 5.97 Å². The molecule has 0 saturated carbocycles. The van der Waals surface area contributed by atoms with Crippen LogP contribution in [-0.4, -0.2) is 16.2 Å². The maximum Gasteiger partial charge on any atom is 0.336 e. The number of carboxylic acids is 1. The molecule has 3 aromatic carbocycles. The molecule has 186 valence electrons. The van der Waals surface area contributed by atoms with Gasteiger partial charge in [0.1, 0.15) is 5.75 Å². The summed E-state index contributed by atoms with van der Waals surface area (Å²) in [7, 11) is 0. The average molecular weight is 473 g/mol. The number of benzene rings is 3. The van der Waals surface area contributed by atoms with Crippen molar-refractivity contribution in [3.63, 3.8) is 0 Å². The van der Waals surface area contributed by atoms with Crippen LogP contribution in [0.15, 0.2) is 60.7 Å². The molecular formula is C32H40O3. The van der Waals surface area contributed by atoms with Gasteiger partial charge in [0.2, 0.25) is 0 Å². The van der Waals surface area contributed by atoms with Gasteiger partial charge in [0.05, 0.1) is 5.56 Å². The molecule has 0 amide bonds. The Labute approximate surface area is 210 Å². The number of aromatic carboxylic acids is 1. The van der Waals surface area contributed by atoms with Crippen LogP contribution in [0.25, 0.3) is 22.3 Å². The van der Waals surface area contributed by atoms with Crippen LogP contribution in [0, 0.1) is 6.92 Å². The number of rotatable bonds is 14. The molecule has 35 heavy (non-hydrogen) atoms.